The van der Waals surface area contributed by atoms with E-state index in [1.807, 2.05) is 4.57 Å². The first-order valence-electron chi connectivity index (χ1n) is 8.33. The van der Waals surface area contributed by atoms with Gasteiger partial charge in [-0.25, -0.2) is 9.98 Å². The molecule has 2 heterocycles. The first-order valence-corrected chi connectivity index (χ1v) is 8.33. The van der Waals surface area contributed by atoms with Crippen molar-refractivity contribution in [3.63, 3.8) is 0 Å². The number of guanidine groups is 1. The summed E-state index contributed by atoms with van der Waals surface area (Å²) in [5.74, 6) is 0.661. The van der Waals surface area contributed by atoms with Gasteiger partial charge in [0.15, 0.2) is 12.2 Å². The molecule has 132 valence electrons. The summed E-state index contributed by atoms with van der Waals surface area (Å²) in [5, 5.41) is 22.6. The zero-order valence-electron chi connectivity index (χ0n) is 13.9. The van der Waals surface area contributed by atoms with Crippen LogP contribution >= 0.6 is 0 Å². The Bertz CT molecular complexity index is 642. The normalized spacial score (nSPS) is 29.3. The minimum atomic E-state index is -0.614. The number of hydrogen-bond donors (Lipinski definition) is 4. The van der Waals surface area contributed by atoms with Crippen LogP contribution in [0.2, 0.25) is 0 Å². The van der Waals surface area contributed by atoms with Crippen molar-refractivity contribution in [3.8, 4) is 0 Å². The highest BCUT2D eigenvalue weighted by atomic mass is 16.5. The monoisotopic (exact) mass is 335 g/mol. The smallest absolute Gasteiger partial charge is 0.198 e. The number of aromatic nitrogens is 2. The van der Waals surface area contributed by atoms with Crippen molar-refractivity contribution in [2.45, 2.75) is 44.6 Å². The summed E-state index contributed by atoms with van der Waals surface area (Å²) in [7, 11) is 0. The second-order valence-corrected chi connectivity index (χ2v) is 6.28. The van der Waals surface area contributed by atoms with Gasteiger partial charge in [0.2, 0.25) is 0 Å². The molecule has 0 saturated heterocycles. The van der Waals surface area contributed by atoms with E-state index < -0.39 is 12.3 Å². The molecule has 1 saturated carbocycles. The highest BCUT2D eigenvalue weighted by Crippen LogP contribution is 2.42. The second kappa shape index (κ2) is 6.92. The number of aliphatic hydroxyl groups is 2. The summed E-state index contributed by atoms with van der Waals surface area (Å²) in [6, 6.07) is -0.150. The Hall–Kier alpha value is -1.90. The standard InChI is InChI=1S/C16H25N5O3/c1-3-4-5-24-15-13-14(19-16(17)20-15)21(8-18-13)11-6-12(23)10(7-22)9(11)2/h8,10-12,15,22-23H,2-7H2,1H3,(H3,17,19,20)/t10-,11-,12-,15?/m0/s1. The molecule has 1 aromatic rings. The van der Waals surface area contributed by atoms with Crippen LogP contribution in [0.15, 0.2) is 23.5 Å². The van der Waals surface area contributed by atoms with Gasteiger partial charge in [-0.3, -0.25) is 0 Å². The van der Waals surface area contributed by atoms with Crippen LogP contribution in [0.25, 0.3) is 0 Å². The first kappa shape index (κ1) is 16.9. The number of anilines is 1. The van der Waals surface area contributed by atoms with Crippen molar-refractivity contribution >= 4 is 11.8 Å². The van der Waals surface area contributed by atoms with Gasteiger partial charge < -0.3 is 30.6 Å². The number of rotatable bonds is 6. The molecule has 1 aliphatic carbocycles. The van der Waals surface area contributed by atoms with Gasteiger partial charge in [-0.2, -0.15) is 0 Å². The molecule has 3 rings (SSSR count). The van der Waals surface area contributed by atoms with Gasteiger partial charge in [0, 0.05) is 12.5 Å². The lowest BCUT2D eigenvalue weighted by Crippen LogP contribution is -2.30. The molecule has 8 nitrogen and oxygen atoms in total. The van der Waals surface area contributed by atoms with Gasteiger partial charge in [0.05, 0.1) is 25.1 Å². The molecular weight excluding hydrogens is 310 g/mol. The van der Waals surface area contributed by atoms with Crippen molar-refractivity contribution in [2.24, 2.45) is 16.6 Å². The van der Waals surface area contributed by atoms with Crippen molar-refractivity contribution in [1.29, 1.82) is 0 Å². The molecule has 4 atom stereocenters. The van der Waals surface area contributed by atoms with E-state index in [9.17, 15) is 10.2 Å². The molecule has 2 aliphatic rings. The highest BCUT2D eigenvalue weighted by molar-refractivity contribution is 5.93. The fourth-order valence-electron chi connectivity index (χ4n) is 3.29. The fourth-order valence-corrected chi connectivity index (χ4v) is 3.29. The van der Waals surface area contributed by atoms with Gasteiger partial charge in [-0.05, 0) is 18.4 Å². The molecule has 0 spiro atoms. The Kier molecular flexibility index (Phi) is 4.88. The number of nitrogens with two attached hydrogens (primary N) is 1. The molecule has 1 fully saturated rings. The van der Waals surface area contributed by atoms with E-state index in [2.05, 4.69) is 28.8 Å². The van der Waals surface area contributed by atoms with Crippen LogP contribution in [0.1, 0.15) is 44.1 Å². The van der Waals surface area contributed by atoms with E-state index in [4.69, 9.17) is 10.5 Å². The van der Waals surface area contributed by atoms with Crippen molar-refractivity contribution in [1.82, 2.24) is 9.55 Å². The topological polar surface area (TPSA) is 118 Å². The molecular formula is C16H25N5O3. The molecule has 0 radical (unpaired) electrons. The average Bonchev–Trinajstić information content (AvgIpc) is 3.08. The molecule has 0 aromatic carbocycles. The molecule has 5 N–H and O–H groups in total. The fraction of sp³-hybridized carbons (Fsp3) is 0.625. The number of fused-ring (bicyclic) bond motifs is 1. The number of hydrogen-bond acceptors (Lipinski definition) is 7. The average molecular weight is 335 g/mol. The minimum absolute atomic E-state index is 0.118. The van der Waals surface area contributed by atoms with Gasteiger partial charge in [-0.1, -0.05) is 19.9 Å². The number of imidazole rings is 1. The second-order valence-electron chi connectivity index (χ2n) is 6.28. The van der Waals surface area contributed by atoms with E-state index in [1.165, 1.54) is 0 Å². The number of aliphatic hydroxyl groups excluding tert-OH is 2. The van der Waals surface area contributed by atoms with Gasteiger partial charge in [0.25, 0.3) is 0 Å². The molecule has 8 heteroatoms. The van der Waals surface area contributed by atoms with Crippen LogP contribution < -0.4 is 11.1 Å². The Labute approximate surface area is 141 Å². The van der Waals surface area contributed by atoms with Crippen molar-refractivity contribution < 1.29 is 14.9 Å². The Balaban J connectivity index is 1.85. The number of nitrogens with zero attached hydrogens (tertiary/aromatic N) is 3. The van der Waals surface area contributed by atoms with Crippen LogP contribution in [-0.4, -0.2) is 45.0 Å². The van der Waals surface area contributed by atoms with Crippen molar-refractivity contribution in [2.75, 3.05) is 18.5 Å². The maximum absolute atomic E-state index is 10.1. The molecule has 24 heavy (non-hydrogen) atoms. The van der Waals surface area contributed by atoms with Crippen LogP contribution in [0.5, 0.6) is 0 Å². The van der Waals surface area contributed by atoms with Crippen molar-refractivity contribution in [3.05, 3.63) is 24.2 Å². The van der Waals surface area contributed by atoms with E-state index in [0.29, 0.717) is 24.5 Å². The number of aliphatic imine (C=N–C) groups is 1. The summed E-state index contributed by atoms with van der Waals surface area (Å²) in [6.45, 7) is 6.62. The Morgan fingerprint density at radius 2 is 2.33 bits per heavy atom. The molecule has 0 bridgehead atoms. The summed E-state index contributed by atoms with van der Waals surface area (Å²) < 4.78 is 7.69. The van der Waals surface area contributed by atoms with E-state index in [-0.39, 0.29) is 24.5 Å². The van der Waals surface area contributed by atoms with Gasteiger partial charge in [0.1, 0.15) is 11.5 Å². The largest absolute Gasteiger partial charge is 0.396 e. The van der Waals surface area contributed by atoms with Gasteiger partial charge in [-0.15, -0.1) is 0 Å². The zero-order chi connectivity index (χ0) is 17.3. The summed E-state index contributed by atoms with van der Waals surface area (Å²) in [5.41, 5.74) is 7.36. The quantitative estimate of drug-likeness (QED) is 0.453. The maximum atomic E-state index is 10.1. The predicted octanol–water partition coefficient (Wildman–Crippen LogP) is 0.909. The lowest BCUT2D eigenvalue weighted by atomic mass is 10.0. The summed E-state index contributed by atoms with van der Waals surface area (Å²) in [4.78, 5) is 8.71. The molecule has 1 unspecified atom stereocenters. The Morgan fingerprint density at radius 3 is 3.00 bits per heavy atom. The van der Waals surface area contributed by atoms with Crippen LogP contribution in [0.4, 0.5) is 5.82 Å². The third kappa shape index (κ3) is 2.92. The van der Waals surface area contributed by atoms with Crippen LogP contribution in [-0.2, 0) is 4.74 Å². The summed E-state index contributed by atoms with van der Waals surface area (Å²) >= 11 is 0. The number of unbranched alkanes of at least 4 members (excludes halogenated alkanes) is 1. The highest BCUT2D eigenvalue weighted by Gasteiger charge is 2.39. The summed E-state index contributed by atoms with van der Waals surface area (Å²) in [6.07, 6.45) is 3.00. The van der Waals surface area contributed by atoms with Gasteiger partial charge >= 0.3 is 0 Å². The number of ether oxygens (including phenoxy) is 1. The Morgan fingerprint density at radius 1 is 1.54 bits per heavy atom. The SMILES string of the molecule is C=C1[C@H](CO)[C@@H](O)C[C@@H]1n1cnc2c1NC(N)=NC2OCCCC. The molecule has 0 amide bonds. The maximum Gasteiger partial charge on any atom is 0.198 e. The first-order chi connectivity index (χ1) is 11.6. The van der Waals surface area contributed by atoms with Crippen LogP contribution in [0, 0.1) is 5.92 Å². The minimum Gasteiger partial charge on any atom is -0.396 e. The lowest BCUT2D eigenvalue weighted by molar-refractivity contribution is 0.0540. The third-order valence-electron chi connectivity index (χ3n) is 4.70. The lowest BCUT2D eigenvalue weighted by Gasteiger charge is -2.24. The van der Waals surface area contributed by atoms with E-state index in [1.54, 1.807) is 6.33 Å². The van der Waals surface area contributed by atoms with E-state index >= 15 is 0 Å². The zero-order valence-corrected chi connectivity index (χ0v) is 13.9. The van der Waals surface area contributed by atoms with Crippen LogP contribution in [0.3, 0.4) is 0 Å². The molecule has 1 aromatic heterocycles. The third-order valence-corrected chi connectivity index (χ3v) is 4.70. The number of nitrogens with one attached hydrogen (secondary N) is 1. The van der Waals surface area contributed by atoms with E-state index in [0.717, 1.165) is 18.4 Å². The predicted molar refractivity (Wildman–Crippen MR) is 90.4 cm³/mol. The molecule has 1 aliphatic heterocycles.